The molecule has 0 spiro atoms. The van der Waals surface area contributed by atoms with E-state index in [0.717, 1.165) is 0 Å². The fraction of sp³-hybridized carbons (Fsp3) is 0.818. The first-order valence-corrected chi connectivity index (χ1v) is 10.5. The minimum Gasteiger partial charge on any atom is -0.466 e. The van der Waals surface area contributed by atoms with Gasteiger partial charge in [0.1, 0.15) is 0 Å². The van der Waals surface area contributed by atoms with Crippen molar-refractivity contribution in [3.8, 4) is 0 Å². The molecule has 0 bridgehead atoms. The van der Waals surface area contributed by atoms with Gasteiger partial charge in [-0.2, -0.15) is 0 Å². The van der Waals surface area contributed by atoms with Gasteiger partial charge in [0, 0.05) is 27.7 Å². The zero-order valence-corrected chi connectivity index (χ0v) is 20.9. The van der Waals surface area contributed by atoms with Crippen molar-refractivity contribution in [1.29, 1.82) is 0 Å². The van der Waals surface area contributed by atoms with Crippen LogP contribution in [0.15, 0.2) is 0 Å². The molecule has 8 nitrogen and oxygen atoms in total. The molecule has 0 N–H and O–H groups in total. The van der Waals surface area contributed by atoms with Gasteiger partial charge in [-0.15, -0.1) is 0 Å². The standard InChI is InChI=1S/C6H14.4C4H8O2/c1-3-5-6-4-2;4*1-3-6-4(2)5/h3-6H2,1-2H3;4*3H2,1-2H3. The first kappa shape index (κ1) is 38.5. The second-order valence-corrected chi connectivity index (χ2v) is 5.41. The Kier molecular flexibility index (Phi) is 48.2. The fourth-order valence-corrected chi connectivity index (χ4v) is 1.31. The summed E-state index contributed by atoms with van der Waals surface area (Å²) in [5.74, 6) is -0.843. The minimum absolute atomic E-state index is 0.211. The van der Waals surface area contributed by atoms with Crippen molar-refractivity contribution in [3.63, 3.8) is 0 Å². The minimum atomic E-state index is -0.211. The maximum Gasteiger partial charge on any atom is 0.302 e. The van der Waals surface area contributed by atoms with E-state index in [1.165, 1.54) is 53.4 Å². The SMILES string of the molecule is CCCCCC.CCOC(C)=O.CCOC(C)=O.CCOC(C)=O.CCOC(C)=O. The quantitative estimate of drug-likeness (QED) is 0.315. The summed E-state index contributed by atoms with van der Waals surface area (Å²) in [5, 5.41) is 0. The van der Waals surface area contributed by atoms with E-state index in [-0.39, 0.29) is 23.9 Å². The van der Waals surface area contributed by atoms with E-state index in [4.69, 9.17) is 0 Å². The highest BCUT2D eigenvalue weighted by molar-refractivity contribution is 5.66. The molecule has 0 aliphatic rings. The third kappa shape index (κ3) is 96.6. The topological polar surface area (TPSA) is 105 Å². The monoisotopic (exact) mass is 438 g/mol. The first-order valence-electron chi connectivity index (χ1n) is 10.5. The zero-order valence-electron chi connectivity index (χ0n) is 20.9. The predicted molar refractivity (Wildman–Crippen MR) is 119 cm³/mol. The molecule has 0 radical (unpaired) electrons. The molecular formula is C22H46O8. The Bertz CT molecular complexity index is 313. The lowest BCUT2D eigenvalue weighted by atomic mass is 10.2. The Hall–Kier alpha value is -2.12. The lowest BCUT2D eigenvalue weighted by Crippen LogP contribution is -1.95. The molecule has 0 aliphatic carbocycles. The van der Waals surface area contributed by atoms with Crippen molar-refractivity contribution >= 4 is 23.9 Å². The molecule has 0 unspecified atom stereocenters. The normalized spacial score (nSPS) is 7.93. The molecule has 0 rings (SSSR count). The van der Waals surface area contributed by atoms with Crippen LogP contribution < -0.4 is 0 Å². The summed E-state index contributed by atoms with van der Waals surface area (Å²) in [4.78, 5) is 39.3. The third-order valence-corrected chi connectivity index (χ3v) is 2.35. The van der Waals surface area contributed by atoms with Crippen molar-refractivity contribution in [2.75, 3.05) is 26.4 Å². The number of unbranched alkanes of at least 4 members (excludes halogenated alkanes) is 3. The van der Waals surface area contributed by atoms with Gasteiger partial charge in [-0.1, -0.05) is 39.5 Å². The predicted octanol–water partition coefficient (Wildman–Crippen LogP) is 4.86. The molecule has 0 saturated heterocycles. The van der Waals surface area contributed by atoms with Gasteiger partial charge in [-0.25, -0.2) is 0 Å². The maximum absolute atomic E-state index is 9.82. The molecule has 0 aromatic heterocycles. The molecule has 0 heterocycles. The molecule has 0 saturated carbocycles. The Morgan fingerprint density at radius 1 is 0.433 bits per heavy atom. The van der Waals surface area contributed by atoms with Crippen molar-refractivity contribution < 1.29 is 38.1 Å². The average Bonchev–Trinajstić information content (AvgIpc) is 2.61. The summed E-state index contributed by atoms with van der Waals surface area (Å²) in [6.45, 7) is 19.1. The fourth-order valence-electron chi connectivity index (χ4n) is 1.31. The highest BCUT2D eigenvalue weighted by Gasteiger charge is 1.83. The molecule has 30 heavy (non-hydrogen) atoms. The van der Waals surface area contributed by atoms with Crippen LogP contribution in [0.5, 0.6) is 0 Å². The van der Waals surface area contributed by atoms with Gasteiger partial charge in [0.25, 0.3) is 0 Å². The third-order valence-electron chi connectivity index (χ3n) is 2.35. The van der Waals surface area contributed by atoms with Crippen molar-refractivity contribution in [2.24, 2.45) is 0 Å². The number of carbonyl (C=O) groups excluding carboxylic acids is 4. The van der Waals surface area contributed by atoms with Crippen molar-refractivity contribution in [2.45, 2.75) is 94.9 Å². The van der Waals surface area contributed by atoms with E-state index < -0.39 is 0 Å². The van der Waals surface area contributed by atoms with Gasteiger partial charge in [-0.3, -0.25) is 19.2 Å². The molecule has 0 aliphatic heterocycles. The van der Waals surface area contributed by atoms with Gasteiger partial charge >= 0.3 is 23.9 Å². The van der Waals surface area contributed by atoms with Crippen LogP contribution >= 0.6 is 0 Å². The molecule has 0 fully saturated rings. The lowest BCUT2D eigenvalue weighted by molar-refractivity contribution is -0.141. The molecular weight excluding hydrogens is 392 g/mol. The van der Waals surface area contributed by atoms with Crippen LogP contribution in [-0.2, 0) is 38.1 Å². The summed E-state index contributed by atoms with van der Waals surface area (Å²) in [6.07, 6.45) is 5.54. The summed E-state index contributed by atoms with van der Waals surface area (Å²) in [5.41, 5.74) is 0. The van der Waals surface area contributed by atoms with E-state index in [1.54, 1.807) is 27.7 Å². The van der Waals surface area contributed by atoms with Crippen LogP contribution in [-0.4, -0.2) is 50.3 Å². The van der Waals surface area contributed by atoms with E-state index in [9.17, 15) is 19.2 Å². The molecule has 182 valence electrons. The number of esters is 4. The number of ether oxygens (including phenoxy) is 4. The Morgan fingerprint density at radius 3 is 0.633 bits per heavy atom. The van der Waals surface area contributed by atoms with Crippen LogP contribution in [0.2, 0.25) is 0 Å². The number of carbonyl (C=O) groups is 4. The van der Waals surface area contributed by atoms with Gasteiger partial charge < -0.3 is 18.9 Å². The molecule has 8 heteroatoms. The van der Waals surface area contributed by atoms with Crippen molar-refractivity contribution in [1.82, 2.24) is 0 Å². The molecule has 0 aromatic carbocycles. The van der Waals surface area contributed by atoms with Crippen LogP contribution in [0, 0.1) is 0 Å². The zero-order chi connectivity index (χ0) is 24.8. The Morgan fingerprint density at radius 2 is 0.600 bits per heavy atom. The van der Waals surface area contributed by atoms with E-state index in [2.05, 4.69) is 32.8 Å². The van der Waals surface area contributed by atoms with E-state index in [1.807, 2.05) is 0 Å². The Labute approximate surface area is 184 Å². The Balaban J connectivity index is -0.0000000868. The number of rotatable bonds is 7. The van der Waals surface area contributed by atoms with Crippen molar-refractivity contribution in [3.05, 3.63) is 0 Å². The number of hydrogen-bond acceptors (Lipinski definition) is 8. The highest BCUT2D eigenvalue weighted by Crippen LogP contribution is 1.95. The smallest absolute Gasteiger partial charge is 0.302 e. The molecule has 0 amide bonds. The number of hydrogen-bond donors (Lipinski definition) is 0. The van der Waals surface area contributed by atoms with Crippen LogP contribution in [0.4, 0.5) is 0 Å². The van der Waals surface area contributed by atoms with E-state index in [0.29, 0.717) is 26.4 Å². The second kappa shape index (κ2) is 37.6. The van der Waals surface area contributed by atoms with Gasteiger partial charge in [0.15, 0.2) is 0 Å². The van der Waals surface area contributed by atoms with Gasteiger partial charge in [0.05, 0.1) is 26.4 Å². The summed E-state index contributed by atoms with van der Waals surface area (Å²) >= 11 is 0. The summed E-state index contributed by atoms with van der Waals surface area (Å²) < 4.78 is 17.6. The van der Waals surface area contributed by atoms with Crippen LogP contribution in [0.3, 0.4) is 0 Å². The van der Waals surface area contributed by atoms with Gasteiger partial charge in [-0.05, 0) is 27.7 Å². The first-order chi connectivity index (χ1) is 14.0. The molecule has 0 aromatic rings. The second-order valence-electron chi connectivity index (χ2n) is 5.41. The lowest BCUT2D eigenvalue weighted by Gasteiger charge is -1.89. The largest absolute Gasteiger partial charge is 0.466 e. The maximum atomic E-state index is 9.82. The summed E-state index contributed by atoms with van der Waals surface area (Å²) in [6, 6.07) is 0. The van der Waals surface area contributed by atoms with Gasteiger partial charge in [0.2, 0.25) is 0 Å². The average molecular weight is 439 g/mol. The summed E-state index contributed by atoms with van der Waals surface area (Å²) in [7, 11) is 0. The van der Waals surface area contributed by atoms with Crippen LogP contribution in [0.25, 0.3) is 0 Å². The molecule has 0 atom stereocenters. The van der Waals surface area contributed by atoms with Crippen LogP contribution in [0.1, 0.15) is 94.9 Å². The highest BCUT2D eigenvalue weighted by atomic mass is 16.5. The van der Waals surface area contributed by atoms with E-state index >= 15 is 0 Å².